The minimum atomic E-state index is -0.0336. The van der Waals surface area contributed by atoms with Gasteiger partial charge in [-0.15, -0.1) is 0 Å². The summed E-state index contributed by atoms with van der Waals surface area (Å²) >= 11 is 0. The Balaban J connectivity index is 1.31. The maximum atomic E-state index is 12.6. The van der Waals surface area contributed by atoms with E-state index in [1.165, 1.54) is 0 Å². The van der Waals surface area contributed by atoms with Crippen LogP contribution < -0.4 is 14.4 Å². The Morgan fingerprint density at radius 3 is 2.63 bits per heavy atom. The van der Waals surface area contributed by atoms with Crippen molar-refractivity contribution in [1.29, 1.82) is 0 Å². The Kier molecular flexibility index (Phi) is 5.83. The molecule has 0 spiro atoms. The molecule has 156 valence electrons. The molecule has 2 heterocycles. The van der Waals surface area contributed by atoms with Crippen molar-refractivity contribution < 1.29 is 18.8 Å². The summed E-state index contributed by atoms with van der Waals surface area (Å²) in [5.41, 5.74) is 1.81. The molecule has 4 rings (SSSR count). The molecule has 30 heavy (non-hydrogen) atoms. The number of anilines is 1. The number of nitrogens with zero attached hydrogens (tertiary/aromatic N) is 4. The highest BCUT2D eigenvalue weighted by atomic mass is 16.5. The molecule has 2 aromatic carbocycles. The average Bonchev–Trinajstić information content (AvgIpc) is 3.24. The molecular formula is C22H24N4O4. The quantitative estimate of drug-likeness (QED) is 0.620. The van der Waals surface area contributed by atoms with Gasteiger partial charge in [0.05, 0.1) is 12.8 Å². The normalized spacial score (nSPS) is 13.9. The van der Waals surface area contributed by atoms with Gasteiger partial charge in [0, 0.05) is 31.7 Å². The van der Waals surface area contributed by atoms with Gasteiger partial charge in [-0.1, -0.05) is 23.4 Å². The average molecular weight is 408 g/mol. The highest BCUT2D eigenvalue weighted by Gasteiger charge is 2.23. The molecule has 0 unspecified atom stereocenters. The molecule has 0 radical (unpaired) electrons. The van der Waals surface area contributed by atoms with E-state index in [-0.39, 0.29) is 12.5 Å². The first-order valence-corrected chi connectivity index (χ1v) is 9.83. The second kappa shape index (κ2) is 8.86. The van der Waals surface area contributed by atoms with Crippen molar-refractivity contribution in [2.45, 2.75) is 6.92 Å². The predicted octanol–water partition coefficient (Wildman–Crippen LogP) is 2.78. The first-order valence-electron chi connectivity index (χ1n) is 9.83. The van der Waals surface area contributed by atoms with Crippen LogP contribution in [0.2, 0.25) is 0 Å². The highest BCUT2D eigenvalue weighted by Crippen LogP contribution is 2.28. The van der Waals surface area contributed by atoms with E-state index in [0.29, 0.717) is 30.6 Å². The molecule has 3 aromatic rings. The van der Waals surface area contributed by atoms with Crippen LogP contribution in [0.25, 0.3) is 11.5 Å². The van der Waals surface area contributed by atoms with Crippen LogP contribution in [0, 0.1) is 6.92 Å². The van der Waals surface area contributed by atoms with Crippen molar-refractivity contribution >= 4 is 11.6 Å². The lowest BCUT2D eigenvalue weighted by atomic mass is 10.2. The number of ether oxygens (including phenoxy) is 2. The van der Waals surface area contributed by atoms with Gasteiger partial charge >= 0.3 is 0 Å². The topological polar surface area (TPSA) is 80.9 Å². The highest BCUT2D eigenvalue weighted by molar-refractivity contribution is 5.78. The number of piperazine rings is 1. The number of hydrogen-bond acceptors (Lipinski definition) is 7. The molecular weight excluding hydrogens is 384 g/mol. The summed E-state index contributed by atoms with van der Waals surface area (Å²) in [6.07, 6.45) is 0. The smallest absolute Gasteiger partial charge is 0.260 e. The van der Waals surface area contributed by atoms with E-state index in [1.807, 2.05) is 41.3 Å². The number of methoxy groups -OCH3 is 1. The molecule has 1 fully saturated rings. The van der Waals surface area contributed by atoms with Crippen molar-refractivity contribution in [3.63, 3.8) is 0 Å². The first kappa shape index (κ1) is 19.8. The van der Waals surface area contributed by atoms with Crippen molar-refractivity contribution in [2.75, 3.05) is 44.8 Å². The van der Waals surface area contributed by atoms with Crippen LogP contribution in [0.15, 0.2) is 53.1 Å². The maximum absolute atomic E-state index is 12.6. The summed E-state index contributed by atoms with van der Waals surface area (Å²) in [5, 5.41) is 3.80. The van der Waals surface area contributed by atoms with Gasteiger partial charge in [0.15, 0.2) is 12.4 Å². The van der Waals surface area contributed by atoms with Crippen molar-refractivity contribution in [3.05, 3.63) is 54.4 Å². The van der Waals surface area contributed by atoms with Gasteiger partial charge < -0.3 is 23.8 Å². The number of aryl methyl sites for hydroxylation is 1. The molecule has 8 nitrogen and oxygen atoms in total. The number of rotatable bonds is 6. The van der Waals surface area contributed by atoms with Gasteiger partial charge in [-0.3, -0.25) is 4.79 Å². The lowest BCUT2D eigenvalue weighted by molar-refractivity contribution is -0.133. The fourth-order valence-corrected chi connectivity index (χ4v) is 3.46. The second-order valence-electron chi connectivity index (χ2n) is 7.00. The van der Waals surface area contributed by atoms with E-state index in [1.54, 1.807) is 26.2 Å². The van der Waals surface area contributed by atoms with E-state index in [9.17, 15) is 4.79 Å². The molecule has 0 N–H and O–H groups in total. The van der Waals surface area contributed by atoms with Crippen LogP contribution in [0.4, 0.5) is 5.69 Å². The third-order valence-electron chi connectivity index (χ3n) is 5.03. The third-order valence-corrected chi connectivity index (χ3v) is 5.03. The molecule has 0 atom stereocenters. The molecule has 1 aliphatic rings. The second-order valence-corrected chi connectivity index (χ2v) is 7.00. The van der Waals surface area contributed by atoms with Gasteiger partial charge in [-0.05, 0) is 37.3 Å². The third kappa shape index (κ3) is 4.37. The van der Waals surface area contributed by atoms with Crippen LogP contribution in [-0.2, 0) is 4.79 Å². The van der Waals surface area contributed by atoms with E-state index < -0.39 is 0 Å². The lowest BCUT2D eigenvalue weighted by Crippen LogP contribution is -2.50. The number of benzene rings is 2. The number of para-hydroxylation sites is 2. The first-order chi connectivity index (χ1) is 14.6. The summed E-state index contributed by atoms with van der Waals surface area (Å²) in [7, 11) is 1.67. The monoisotopic (exact) mass is 408 g/mol. The minimum absolute atomic E-state index is 0.0129. The van der Waals surface area contributed by atoms with Crippen LogP contribution in [-0.4, -0.2) is 60.8 Å². The minimum Gasteiger partial charge on any atom is -0.495 e. The van der Waals surface area contributed by atoms with Gasteiger partial charge in [0.1, 0.15) is 11.5 Å². The van der Waals surface area contributed by atoms with E-state index in [2.05, 4.69) is 15.0 Å². The summed E-state index contributed by atoms with van der Waals surface area (Å²) in [6, 6.07) is 15.2. The summed E-state index contributed by atoms with van der Waals surface area (Å²) in [4.78, 5) is 20.9. The van der Waals surface area contributed by atoms with Gasteiger partial charge in [-0.2, -0.15) is 4.98 Å². The lowest BCUT2D eigenvalue weighted by Gasteiger charge is -2.36. The zero-order valence-electron chi connectivity index (χ0n) is 17.1. The molecule has 0 saturated carbocycles. The van der Waals surface area contributed by atoms with E-state index >= 15 is 0 Å². The van der Waals surface area contributed by atoms with Crippen molar-refractivity contribution in [2.24, 2.45) is 0 Å². The molecule has 1 aromatic heterocycles. The van der Waals surface area contributed by atoms with Crippen molar-refractivity contribution in [3.8, 4) is 23.0 Å². The molecule has 8 heteroatoms. The van der Waals surface area contributed by atoms with E-state index in [4.69, 9.17) is 14.0 Å². The van der Waals surface area contributed by atoms with Gasteiger partial charge in [-0.25, -0.2) is 0 Å². The van der Waals surface area contributed by atoms with E-state index in [0.717, 1.165) is 30.1 Å². The van der Waals surface area contributed by atoms with Crippen LogP contribution in [0.1, 0.15) is 5.82 Å². The number of carbonyl (C=O) groups excluding carboxylic acids is 1. The number of aromatic nitrogens is 2. The molecule has 1 saturated heterocycles. The van der Waals surface area contributed by atoms with Gasteiger partial charge in [0.25, 0.3) is 11.8 Å². The summed E-state index contributed by atoms with van der Waals surface area (Å²) in [5.74, 6) is 2.39. The van der Waals surface area contributed by atoms with Crippen molar-refractivity contribution in [1.82, 2.24) is 15.0 Å². The number of hydrogen-bond donors (Lipinski definition) is 0. The molecule has 0 aliphatic carbocycles. The Hall–Kier alpha value is -3.55. The Labute approximate surface area is 175 Å². The Morgan fingerprint density at radius 2 is 1.90 bits per heavy atom. The maximum Gasteiger partial charge on any atom is 0.260 e. The molecule has 1 aliphatic heterocycles. The summed E-state index contributed by atoms with van der Waals surface area (Å²) < 4.78 is 16.4. The number of carbonyl (C=O) groups is 1. The Bertz CT molecular complexity index is 1010. The Morgan fingerprint density at radius 1 is 1.10 bits per heavy atom. The van der Waals surface area contributed by atoms with Crippen LogP contribution in [0.5, 0.6) is 11.5 Å². The zero-order valence-corrected chi connectivity index (χ0v) is 17.1. The van der Waals surface area contributed by atoms with Crippen LogP contribution >= 0.6 is 0 Å². The zero-order chi connectivity index (χ0) is 20.9. The fourth-order valence-electron chi connectivity index (χ4n) is 3.46. The largest absolute Gasteiger partial charge is 0.495 e. The summed E-state index contributed by atoms with van der Waals surface area (Å²) in [6.45, 7) is 4.53. The molecule has 1 amide bonds. The SMILES string of the molecule is COc1ccccc1N1CCN(C(=O)COc2cccc(-c3nc(C)no3)c2)CC1. The predicted molar refractivity (Wildman–Crippen MR) is 112 cm³/mol. The number of amides is 1. The van der Waals surface area contributed by atoms with Gasteiger partial charge in [0.2, 0.25) is 0 Å². The van der Waals surface area contributed by atoms with Crippen LogP contribution in [0.3, 0.4) is 0 Å². The standard InChI is InChI=1S/C22H24N4O4/c1-16-23-22(30-24-16)17-6-5-7-18(14-17)29-15-21(27)26-12-10-25(11-13-26)19-8-3-4-9-20(19)28-2/h3-9,14H,10-13,15H2,1-2H3. The molecule has 0 bridgehead atoms. The fraction of sp³-hybridized carbons (Fsp3) is 0.318.